The van der Waals surface area contributed by atoms with Crippen LogP contribution in [0.15, 0.2) is 18.7 Å². The summed E-state index contributed by atoms with van der Waals surface area (Å²) < 4.78 is 67.7. The zero-order chi connectivity index (χ0) is 28.3. The first-order valence-electron chi connectivity index (χ1n) is 12.7. The molecule has 1 N–H and O–H groups in total. The van der Waals surface area contributed by atoms with Crippen LogP contribution in [0.25, 0.3) is 5.69 Å². The number of aromatic nitrogens is 7. The molecule has 17 heteroatoms. The summed E-state index contributed by atoms with van der Waals surface area (Å²) in [5.74, 6) is 0.0923. The minimum Gasteiger partial charge on any atom is -0.479 e. The van der Waals surface area contributed by atoms with Crippen LogP contribution < -0.4 is 19.1 Å². The number of sulfonamides is 1. The van der Waals surface area contributed by atoms with E-state index in [-0.39, 0.29) is 42.3 Å². The summed E-state index contributed by atoms with van der Waals surface area (Å²) in [7, 11) is -1.26. The first-order valence-corrected chi connectivity index (χ1v) is 14.2. The number of nitrogens with one attached hydrogen (secondary N) is 1. The molecule has 0 aliphatic carbocycles. The summed E-state index contributed by atoms with van der Waals surface area (Å²) in [6, 6.07) is 0. The van der Waals surface area contributed by atoms with E-state index in [4.69, 9.17) is 18.9 Å². The van der Waals surface area contributed by atoms with Gasteiger partial charge in [0.15, 0.2) is 17.3 Å². The van der Waals surface area contributed by atoms with Crippen molar-refractivity contribution in [2.45, 2.75) is 43.6 Å². The van der Waals surface area contributed by atoms with E-state index in [0.29, 0.717) is 32.0 Å². The predicted molar refractivity (Wildman–Crippen MR) is 139 cm³/mol. The van der Waals surface area contributed by atoms with E-state index in [1.165, 1.54) is 25.1 Å². The Morgan fingerprint density at radius 1 is 1.10 bits per heavy atom. The highest BCUT2D eigenvalue weighted by Crippen LogP contribution is 2.37. The smallest absolute Gasteiger partial charge is 0.245 e. The summed E-state index contributed by atoms with van der Waals surface area (Å²) in [5, 5.41) is 7.49. The molecule has 2 aliphatic rings. The fourth-order valence-corrected chi connectivity index (χ4v) is 6.24. The second kappa shape index (κ2) is 11.8. The summed E-state index contributed by atoms with van der Waals surface area (Å²) in [6.45, 7) is 3.13. The van der Waals surface area contributed by atoms with Gasteiger partial charge in [-0.2, -0.15) is 9.97 Å². The second-order valence-electron chi connectivity index (χ2n) is 9.15. The number of halogens is 1. The number of piperidine rings is 1. The predicted octanol–water partition coefficient (Wildman–Crippen LogP) is 1.28. The van der Waals surface area contributed by atoms with Gasteiger partial charge >= 0.3 is 0 Å². The van der Waals surface area contributed by atoms with Gasteiger partial charge in [-0.1, -0.05) is 0 Å². The van der Waals surface area contributed by atoms with E-state index in [1.807, 2.05) is 6.92 Å². The Morgan fingerprint density at radius 3 is 2.45 bits per heavy atom. The SMILES string of the molecule is CCO[C@@H]1C[C@@H](S(=O)(=O)Nc2nnc(C3CCCO3)n2-c2c(OC)ncnc2OC)CN(c2ncc(F)cn2)C1. The molecule has 2 saturated heterocycles. The lowest BCUT2D eigenvalue weighted by atomic mass is 10.1. The first kappa shape index (κ1) is 27.9. The normalized spacial score (nSPS) is 21.4. The fourth-order valence-electron chi connectivity index (χ4n) is 4.84. The molecule has 3 aromatic heterocycles. The van der Waals surface area contributed by atoms with E-state index in [2.05, 4.69) is 34.9 Å². The maximum Gasteiger partial charge on any atom is 0.245 e. The Kier molecular flexibility index (Phi) is 8.22. The Labute approximate surface area is 230 Å². The maximum atomic E-state index is 13.9. The van der Waals surface area contributed by atoms with Crippen molar-refractivity contribution in [1.82, 2.24) is 34.7 Å². The molecule has 0 radical (unpaired) electrons. The van der Waals surface area contributed by atoms with Crippen molar-refractivity contribution < 1.29 is 31.8 Å². The number of anilines is 2. The lowest BCUT2D eigenvalue weighted by Gasteiger charge is -2.37. The zero-order valence-electron chi connectivity index (χ0n) is 22.2. The molecule has 40 heavy (non-hydrogen) atoms. The summed E-state index contributed by atoms with van der Waals surface area (Å²) >= 11 is 0. The van der Waals surface area contributed by atoms with Crippen LogP contribution in [0, 0.1) is 5.82 Å². The molecule has 216 valence electrons. The number of rotatable bonds is 10. The van der Waals surface area contributed by atoms with Crippen molar-refractivity contribution in [2.75, 3.05) is 50.1 Å². The highest BCUT2D eigenvalue weighted by Gasteiger charge is 2.39. The van der Waals surface area contributed by atoms with Crippen LogP contribution >= 0.6 is 0 Å². The van der Waals surface area contributed by atoms with E-state index in [9.17, 15) is 12.8 Å². The third-order valence-corrected chi connectivity index (χ3v) is 8.30. The third kappa shape index (κ3) is 5.62. The Hall–Kier alpha value is -3.70. The largest absolute Gasteiger partial charge is 0.479 e. The van der Waals surface area contributed by atoms with Crippen LogP contribution in [-0.4, -0.2) is 95.0 Å². The minimum atomic E-state index is -4.10. The van der Waals surface area contributed by atoms with Gasteiger partial charge in [-0.25, -0.2) is 22.8 Å². The van der Waals surface area contributed by atoms with Gasteiger partial charge in [0.05, 0.1) is 32.7 Å². The van der Waals surface area contributed by atoms with E-state index >= 15 is 0 Å². The van der Waals surface area contributed by atoms with Gasteiger partial charge in [-0.15, -0.1) is 10.2 Å². The van der Waals surface area contributed by atoms with Gasteiger partial charge in [0.1, 0.15) is 17.7 Å². The second-order valence-corrected chi connectivity index (χ2v) is 11.1. The topological polar surface area (TPSA) is 169 Å². The molecule has 0 aromatic carbocycles. The molecule has 2 fully saturated rings. The number of methoxy groups -OCH3 is 2. The highest BCUT2D eigenvalue weighted by atomic mass is 32.2. The molecule has 3 atom stereocenters. The average Bonchev–Trinajstić information content (AvgIpc) is 3.63. The van der Waals surface area contributed by atoms with Crippen molar-refractivity contribution in [2.24, 2.45) is 0 Å². The lowest BCUT2D eigenvalue weighted by Crippen LogP contribution is -2.51. The van der Waals surface area contributed by atoms with Crippen LogP contribution in [0.2, 0.25) is 0 Å². The summed E-state index contributed by atoms with van der Waals surface area (Å²) in [4.78, 5) is 18.0. The zero-order valence-corrected chi connectivity index (χ0v) is 23.0. The van der Waals surface area contributed by atoms with Crippen molar-refractivity contribution in [3.8, 4) is 17.4 Å². The maximum absolute atomic E-state index is 13.9. The van der Waals surface area contributed by atoms with Crippen molar-refractivity contribution in [3.63, 3.8) is 0 Å². The van der Waals surface area contributed by atoms with Crippen molar-refractivity contribution in [3.05, 3.63) is 30.4 Å². The van der Waals surface area contributed by atoms with Crippen LogP contribution in [0.5, 0.6) is 11.8 Å². The van der Waals surface area contributed by atoms with Crippen LogP contribution in [0.1, 0.15) is 38.1 Å². The van der Waals surface area contributed by atoms with Crippen LogP contribution in [-0.2, 0) is 19.5 Å². The molecule has 2 aliphatic heterocycles. The van der Waals surface area contributed by atoms with Gasteiger partial charge in [0, 0.05) is 26.3 Å². The molecule has 0 bridgehead atoms. The van der Waals surface area contributed by atoms with Gasteiger partial charge in [0.2, 0.25) is 33.7 Å². The van der Waals surface area contributed by atoms with E-state index in [1.54, 1.807) is 4.90 Å². The molecule has 1 unspecified atom stereocenters. The highest BCUT2D eigenvalue weighted by molar-refractivity contribution is 7.93. The first-order chi connectivity index (χ1) is 19.3. The molecule has 3 aromatic rings. The lowest BCUT2D eigenvalue weighted by molar-refractivity contribution is 0.0531. The molecular weight excluding hydrogens is 549 g/mol. The minimum absolute atomic E-state index is 0.0400. The molecule has 0 saturated carbocycles. The molecular formula is C23H30FN9O6S. The molecule has 0 amide bonds. The number of nitrogens with zero attached hydrogens (tertiary/aromatic N) is 8. The Morgan fingerprint density at radius 2 is 1.82 bits per heavy atom. The van der Waals surface area contributed by atoms with Gasteiger partial charge < -0.3 is 23.8 Å². The van der Waals surface area contributed by atoms with Crippen molar-refractivity contribution in [1.29, 1.82) is 0 Å². The molecule has 15 nitrogen and oxygen atoms in total. The quantitative estimate of drug-likeness (QED) is 0.365. The monoisotopic (exact) mass is 579 g/mol. The summed E-state index contributed by atoms with van der Waals surface area (Å²) in [5.41, 5.74) is 0.220. The number of ether oxygens (including phenoxy) is 4. The third-order valence-electron chi connectivity index (χ3n) is 6.61. The Balaban J connectivity index is 1.52. The molecule has 5 heterocycles. The van der Waals surface area contributed by atoms with Gasteiger partial charge in [0.25, 0.3) is 0 Å². The Bertz CT molecular complexity index is 1400. The van der Waals surface area contributed by atoms with Crippen LogP contribution in [0.4, 0.5) is 16.3 Å². The number of hydrogen-bond acceptors (Lipinski definition) is 13. The van der Waals surface area contributed by atoms with E-state index < -0.39 is 33.3 Å². The van der Waals surface area contributed by atoms with Gasteiger partial charge in [-0.05, 0) is 26.2 Å². The average molecular weight is 580 g/mol. The molecule has 0 spiro atoms. The van der Waals surface area contributed by atoms with Crippen LogP contribution in [0.3, 0.4) is 0 Å². The molecule has 5 rings (SSSR count). The summed E-state index contributed by atoms with van der Waals surface area (Å²) in [6.07, 6.45) is 4.13. The standard InChI is InChI=1S/C23H30FN9O6S/c1-4-38-15-8-16(12-32(11-15)22-25-9-14(24)10-26-22)40(34,35)31-23-30-29-19(17-6-5-7-39-17)33(23)18-20(36-2)27-13-28-21(18)37-3/h9-10,13,15-17H,4-8,11-12H2,1-3H3,(H,30,31)/t15-,16-,17?/m1/s1. The van der Waals surface area contributed by atoms with Gasteiger partial charge in [-0.3, -0.25) is 9.29 Å². The number of hydrogen-bond donors (Lipinski definition) is 1. The van der Waals surface area contributed by atoms with Crippen molar-refractivity contribution >= 4 is 21.9 Å². The van der Waals surface area contributed by atoms with E-state index in [0.717, 1.165) is 18.8 Å². The fraction of sp³-hybridized carbons (Fsp3) is 0.565.